The molecule has 16 heavy (non-hydrogen) atoms. The van der Waals surface area contributed by atoms with Gasteiger partial charge in [-0.15, -0.1) is 0 Å². The summed E-state index contributed by atoms with van der Waals surface area (Å²) >= 11 is 3.41. The Hall–Kier alpha value is -0.0500. The van der Waals surface area contributed by atoms with E-state index in [0.29, 0.717) is 5.91 Å². The number of unbranched alkanes of at least 4 members (excludes halogenated alkanes) is 5. The van der Waals surface area contributed by atoms with Crippen molar-refractivity contribution in [2.24, 2.45) is 0 Å². The van der Waals surface area contributed by atoms with Gasteiger partial charge < -0.3 is 4.90 Å². The monoisotopic (exact) mass is 291 g/mol. The first-order chi connectivity index (χ1) is 7.72. The molecule has 2 nitrogen and oxygen atoms in total. The van der Waals surface area contributed by atoms with Gasteiger partial charge in [-0.1, -0.05) is 48.5 Å². The van der Waals surface area contributed by atoms with Gasteiger partial charge in [0.1, 0.15) is 0 Å². The van der Waals surface area contributed by atoms with Gasteiger partial charge in [0.2, 0.25) is 5.91 Å². The molecule has 0 rings (SSSR count). The van der Waals surface area contributed by atoms with E-state index in [4.69, 9.17) is 0 Å². The van der Waals surface area contributed by atoms with Gasteiger partial charge >= 0.3 is 0 Å². The van der Waals surface area contributed by atoms with E-state index in [9.17, 15) is 4.79 Å². The van der Waals surface area contributed by atoms with Gasteiger partial charge in [0.25, 0.3) is 0 Å². The van der Waals surface area contributed by atoms with E-state index in [1.807, 2.05) is 11.9 Å². The number of amides is 1. The highest BCUT2D eigenvalue weighted by atomic mass is 79.9. The van der Waals surface area contributed by atoms with Gasteiger partial charge in [-0.05, 0) is 19.3 Å². The Morgan fingerprint density at radius 3 is 2.38 bits per heavy atom. The number of nitrogens with zero attached hydrogens (tertiary/aromatic N) is 1. The molecular formula is C13H26BrNO. The van der Waals surface area contributed by atoms with E-state index in [2.05, 4.69) is 22.9 Å². The molecule has 96 valence electrons. The summed E-state index contributed by atoms with van der Waals surface area (Å²) in [5, 5.41) is 1.07. The average molecular weight is 292 g/mol. The fraction of sp³-hybridized carbons (Fsp3) is 0.923. The molecule has 0 aromatic heterocycles. The second-order valence-corrected chi connectivity index (χ2v) is 5.17. The average Bonchev–Trinajstić information content (AvgIpc) is 2.29. The van der Waals surface area contributed by atoms with Crippen LogP contribution in [0.1, 0.15) is 58.3 Å². The van der Waals surface area contributed by atoms with E-state index in [-0.39, 0.29) is 0 Å². The van der Waals surface area contributed by atoms with Crippen LogP contribution in [0.5, 0.6) is 0 Å². The number of hydrogen-bond acceptors (Lipinski definition) is 1. The van der Waals surface area contributed by atoms with Crippen LogP contribution in [0.2, 0.25) is 0 Å². The van der Waals surface area contributed by atoms with E-state index < -0.39 is 0 Å². The molecule has 0 aromatic carbocycles. The first kappa shape index (κ1) is 16.0. The summed E-state index contributed by atoms with van der Waals surface area (Å²) in [7, 11) is 1.93. The van der Waals surface area contributed by atoms with Crippen LogP contribution in [0.3, 0.4) is 0 Å². The van der Waals surface area contributed by atoms with Gasteiger partial charge in [0.15, 0.2) is 0 Å². The lowest BCUT2D eigenvalue weighted by atomic mass is 10.1. The molecule has 0 atom stereocenters. The molecule has 3 heteroatoms. The van der Waals surface area contributed by atoms with E-state index in [1.165, 1.54) is 32.1 Å². The van der Waals surface area contributed by atoms with Gasteiger partial charge in [0.05, 0.1) is 0 Å². The third-order valence-electron chi connectivity index (χ3n) is 2.80. The Morgan fingerprint density at radius 1 is 1.06 bits per heavy atom. The van der Waals surface area contributed by atoms with Crippen LogP contribution in [0.4, 0.5) is 0 Å². The van der Waals surface area contributed by atoms with Crippen molar-refractivity contribution in [1.29, 1.82) is 0 Å². The van der Waals surface area contributed by atoms with Crippen molar-refractivity contribution >= 4 is 21.8 Å². The maximum Gasteiger partial charge on any atom is 0.222 e. The predicted molar refractivity (Wildman–Crippen MR) is 74.0 cm³/mol. The highest BCUT2D eigenvalue weighted by Crippen LogP contribution is 2.06. The summed E-state index contributed by atoms with van der Waals surface area (Å²) in [4.78, 5) is 13.6. The maximum atomic E-state index is 11.7. The fourth-order valence-electron chi connectivity index (χ4n) is 1.64. The van der Waals surface area contributed by atoms with E-state index in [1.54, 1.807) is 0 Å². The van der Waals surface area contributed by atoms with Crippen LogP contribution in [0, 0.1) is 0 Å². The predicted octanol–water partition coefficient (Wildman–Crippen LogP) is 3.98. The normalized spacial score (nSPS) is 10.4. The zero-order valence-electron chi connectivity index (χ0n) is 10.8. The summed E-state index contributed by atoms with van der Waals surface area (Å²) in [5.74, 6) is 0.315. The van der Waals surface area contributed by atoms with Crippen molar-refractivity contribution in [2.45, 2.75) is 58.3 Å². The number of carbonyl (C=O) groups is 1. The van der Waals surface area contributed by atoms with Crippen LogP contribution in [-0.4, -0.2) is 29.7 Å². The van der Waals surface area contributed by atoms with Crippen molar-refractivity contribution in [3.05, 3.63) is 0 Å². The zero-order valence-corrected chi connectivity index (χ0v) is 12.4. The molecule has 0 unspecified atom stereocenters. The summed E-state index contributed by atoms with van der Waals surface area (Å²) < 4.78 is 0. The van der Waals surface area contributed by atoms with Gasteiger partial charge in [-0.25, -0.2) is 0 Å². The molecule has 0 spiro atoms. The lowest BCUT2D eigenvalue weighted by molar-refractivity contribution is -0.130. The second-order valence-electron chi connectivity index (χ2n) is 4.38. The van der Waals surface area contributed by atoms with Gasteiger partial charge in [0, 0.05) is 25.3 Å². The molecule has 0 saturated carbocycles. The third-order valence-corrected chi connectivity index (χ3v) is 3.36. The summed E-state index contributed by atoms with van der Waals surface area (Å²) in [6.07, 6.45) is 9.01. The molecule has 0 aliphatic heterocycles. The molecule has 0 saturated heterocycles. The number of hydrogen-bond donors (Lipinski definition) is 0. The lowest BCUT2D eigenvalue weighted by Crippen LogP contribution is -2.27. The van der Waals surface area contributed by atoms with Crippen LogP contribution in [0.15, 0.2) is 0 Å². The van der Waals surface area contributed by atoms with Crippen molar-refractivity contribution in [3.8, 4) is 0 Å². The Kier molecular flexibility index (Phi) is 11.4. The smallest absolute Gasteiger partial charge is 0.222 e. The fourth-order valence-corrected chi connectivity index (χ4v) is 2.04. The van der Waals surface area contributed by atoms with Crippen LogP contribution < -0.4 is 0 Å². The summed E-state index contributed by atoms with van der Waals surface area (Å²) in [6.45, 7) is 3.11. The summed E-state index contributed by atoms with van der Waals surface area (Å²) in [5.41, 5.74) is 0. The third kappa shape index (κ3) is 9.20. The topological polar surface area (TPSA) is 20.3 Å². The number of halogens is 1. The minimum atomic E-state index is 0.315. The standard InChI is InChI=1S/C13H26BrNO/c1-3-4-5-7-10-13(16)15(2)12-9-6-8-11-14/h3-12H2,1-2H3. The Labute approximate surface area is 109 Å². The maximum absolute atomic E-state index is 11.7. The highest BCUT2D eigenvalue weighted by Gasteiger charge is 2.07. The summed E-state index contributed by atoms with van der Waals surface area (Å²) in [6, 6.07) is 0. The van der Waals surface area contributed by atoms with E-state index >= 15 is 0 Å². The molecule has 0 N–H and O–H groups in total. The van der Waals surface area contributed by atoms with Crippen LogP contribution in [0.25, 0.3) is 0 Å². The minimum absolute atomic E-state index is 0.315. The molecule has 0 aliphatic carbocycles. The van der Waals surface area contributed by atoms with E-state index in [0.717, 1.165) is 31.1 Å². The molecule has 0 bridgehead atoms. The van der Waals surface area contributed by atoms with Crippen LogP contribution >= 0.6 is 15.9 Å². The first-order valence-corrected chi connectivity index (χ1v) is 7.64. The van der Waals surface area contributed by atoms with Crippen molar-refractivity contribution < 1.29 is 4.79 Å². The Balaban J connectivity index is 3.42. The van der Waals surface area contributed by atoms with Crippen molar-refractivity contribution in [3.63, 3.8) is 0 Å². The molecule has 1 amide bonds. The van der Waals surface area contributed by atoms with Gasteiger partial charge in [-0.3, -0.25) is 4.79 Å². The first-order valence-electron chi connectivity index (χ1n) is 6.52. The SMILES string of the molecule is CCCCCCC(=O)N(C)CCCCCBr. The van der Waals surface area contributed by atoms with Crippen molar-refractivity contribution in [2.75, 3.05) is 18.9 Å². The zero-order chi connectivity index (χ0) is 12.2. The highest BCUT2D eigenvalue weighted by molar-refractivity contribution is 9.09. The second kappa shape index (κ2) is 11.4. The molecule has 0 aromatic rings. The van der Waals surface area contributed by atoms with Crippen molar-refractivity contribution in [1.82, 2.24) is 4.90 Å². The molecule has 0 heterocycles. The molecule has 0 aliphatic rings. The Bertz CT molecular complexity index is 173. The van der Waals surface area contributed by atoms with Gasteiger partial charge in [-0.2, -0.15) is 0 Å². The largest absolute Gasteiger partial charge is 0.346 e. The number of rotatable bonds is 10. The number of alkyl halides is 1. The Morgan fingerprint density at radius 2 is 1.75 bits per heavy atom. The lowest BCUT2D eigenvalue weighted by Gasteiger charge is -2.16. The minimum Gasteiger partial charge on any atom is -0.346 e. The molecule has 0 radical (unpaired) electrons. The quantitative estimate of drug-likeness (QED) is 0.440. The molecular weight excluding hydrogens is 266 g/mol. The number of carbonyl (C=O) groups excluding carboxylic acids is 1. The van der Waals surface area contributed by atoms with Crippen LogP contribution in [-0.2, 0) is 4.79 Å². The molecule has 0 fully saturated rings.